The fourth-order valence-electron chi connectivity index (χ4n) is 3.47. The number of aromatic amines is 1. The van der Waals surface area contributed by atoms with Crippen molar-refractivity contribution in [1.82, 2.24) is 24.6 Å². The molecule has 0 saturated heterocycles. The Kier molecular flexibility index (Phi) is 4.02. The summed E-state index contributed by atoms with van der Waals surface area (Å²) in [4.78, 5) is 33.1. The maximum Gasteiger partial charge on any atom is 0.326 e. The van der Waals surface area contributed by atoms with E-state index in [2.05, 4.69) is 15.1 Å². The molecular weight excluding hydrogens is 346 g/mol. The van der Waals surface area contributed by atoms with Crippen LogP contribution in [0.3, 0.4) is 0 Å². The zero-order valence-corrected chi connectivity index (χ0v) is 15.0. The SMILES string of the molecule is Cc1cc(C)n(-c2ccc(C(=O)N3Cc4[nH]cnc4C[C@H]3C(=O)O)cc2)n1. The Labute approximate surface area is 155 Å². The first kappa shape index (κ1) is 17.0. The molecule has 27 heavy (non-hydrogen) atoms. The third kappa shape index (κ3) is 2.99. The number of carboxylic acid groups (broad SMARTS) is 1. The number of benzene rings is 1. The Bertz CT molecular complexity index is 1020. The van der Waals surface area contributed by atoms with Crippen LogP contribution in [0.4, 0.5) is 0 Å². The minimum atomic E-state index is -1.03. The molecule has 1 aliphatic rings. The lowest BCUT2D eigenvalue weighted by molar-refractivity contribution is -0.142. The summed E-state index contributed by atoms with van der Waals surface area (Å²) in [6, 6.07) is 8.09. The van der Waals surface area contributed by atoms with Crippen molar-refractivity contribution in [2.45, 2.75) is 32.9 Å². The fraction of sp³-hybridized carbons (Fsp3) is 0.263. The van der Waals surface area contributed by atoms with Crippen LogP contribution in [0.1, 0.15) is 33.1 Å². The molecule has 1 amide bonds. The van der Waals surface area contributed by atoms with E-state index < -0.39 is 12.0 Å². The van der Waals surface area contributed by atoms with Crippen LogP contribution < -0.4 is 0 Å². The fourth-order valence-corrected chi connectivity index (χ4v) is 3.47. The number of nitrogens with zero attached hydrogens (tertiary/aromatic N) is 4. The van der Waals surface area contributed by atoms with E-state index in [0.717, 1.165) is 22.8 Å². The third-order valence-corrected chi connectivity index (χ3v) is 4.81. The van der Waals surface area contributed by atoms with E-state index in [9.17, 15) is 14.7 Å². The molecule has 1 atom stereocenters. The van der Waals surface area contributed by atoms with Gasteiger partial charge in [-0.15, -0.1) is 0 Å². The number of hydrogen-bond acceptors (Lipinski definition) is 4. The maximum atomic E-state index is 13.0. The molecule has 0 radical (unpaired) electrons. The largest absolute Gasteiger partial charge is 0.480 e. The number of amides is 1. The molecule has 8 heteroatoms. The molecule has 1 aromatic carbocycles. The van der Waals surface area contributed by atoms with Crippen molar-refractivity contribution in [1.29, 1.82) is 0 Å². The van der Waals surface area contributed by atoms with Gasteiger partial charge < -0.3 is 15.0 Å². The second-order valence-electron chi connectivity index (χ2n) is 6.70. The summed E-state index contributed by atoms with van der Waals surface area (Å²) in [5.41, 5.74) is 4.68. The summed E-state index contributed by atoms with van der Waals surface area (Å²) in [7, 11) is 0. The van der Waals surface area contributed by atoms with Crippen LogP contribution in [0.25, 0.3) is 5.69 Å². The summed E-state index contributed by atoms with van der Waals surface area (Å²) in [5, 5.41) is 14.0. The Morgan fingerprint density at radius 2 is 1.96 bits per heavy atom. The molecule has 2 N–H and O–H groups in total. The summed E-state index contributed by atoms with van der Waals surface area (Å²) in [6.07, 6.45) is 1.73. The molecule has 0 aliphatic carbocycles. The molecule has 3 heterocycles. The van der Waals surface area contributed by atoms with Crippen LogP contribution in [0.15, 0.2) is 36.7 Å². The van der Waals surface area contributed by atoms with Crippen LogP contribution in [0.2, 0.25) is 0 Å². The van der Waals surface area contributed by atoms with Gasteiger partial charge in [-0.3, -0.25) is 4.79 Å². The van der Waals surface area contributed by atoms with E-state index >= 15 is 0 Å². The number of aryl methyl sites for hydroxylation is 2. The molecule has 138 valence electrons. The first-order valence-corrected chi connectivity index (χ1v) is 8.62. The third-order valence-electron chi connectivity index (χ3n) is 4.81. The van der Waals surface area contributed by atoms with Crippen molar-refractivity contribution < 1.29 is 14.7 Å². The first-order valence-electron chi connectivity index (χ1n) is 8.62. The highest BCUT2D eigenvalue weighted by atomic mass is 16.4. The minimum absolute atomic E-state index is 0.198. The summed E-state index contributed by atoms with van der Waals surface area (Å²) >= 11 is 0. The first-order chi connectivity index (χ1) is 12.9. The molecule has 0 unspecified atom stereocenters. The lowest BCUT2D eigenvalue weighted by Crippen LogP contribution is -2.48. The van der Waals surface area contributed by atoms with E-state index in [0.29, 0.717) is 11.3 Å². The van der Waals surface area contributed by atoms with E-state index in [1.165, 1.54) is 11.2 Å². The standard InChI is InChI=1S/C19H19N5O3/c1-11-7-12(2)24(22-11)14-5-3-13(4-6-14)18(25)23-9-16-15(20-10-21-16)8-17(23)19(26)27/h3-7,10,17H,8-9H2,1-2H3,(H,20,21)(H,26,27)/t17-/m0/s1. The highest BCUT2D eigenvalue weighted by Crippen LogP contribution is 2.23. The molecule has 1 aliphatic heterocycles. The Hall–Kier alpha value is -3.42. The summed E-state index contributed by atoms with van der Waals surface area (Å²) in [6.45, 7) is 4.09. The average molecular weight is 365 g/mol. The quantitative estimate of drug-likeness (QED) is 0.737. The average Bonchev–Trinajstić information content (AvgIpc) is 3.25. The van der Waals surface area contributed by atoms with Gasteiger partial charge in [0.1, 0.15) is 6.04 Å². The molecule has 2 aromatic heterocycles. The van der Waals surface area contributed by atoms with E-state index in [4.69, 9.17) is 0 Å². The monoisotopic (exact) mass is 365 g/mol. The van der Waals surface area contributed by atoms with Crippen molar-refractivity contribution in [2.75, 3.05) is 0 Å². The predicted molar refractivity (Wildman–Crippen MR) is 96.6 cm³/mol. The number of rotatable bonds is 3. The van der Waals surface area contributed by atoms with Crippen LogP contribution >= 0.6 is 0 Å². The van der Waals surface area contributed by atoms with Gasteiger partial charge >= 0.3 is 5.97 Å². The van der Waals surface area contributed by atoms with E-state index in [1.807, 2.05) is 32.0 Å². The van der Waals surface area contributed by atoms with Gasteiger partial charge in [-0.2, -0.15) is 5.10 Å². The normalized spacial score (nSPS) is 16.2. The second-order valence-corrected chi connectivity index (χ2v) is 6.70. The smallest absolute Gasteiger partial charge is 0.326 e. The van der Waals surface area contributed by atoms with Gasteiger partial charge in [0.15, 0.2) is 0 Å². The molecule has 4 rings (SSSR count). The van der Waals surface area contributed by atoms with Crippen molar-refractivity contribution in [3.8, 4) is 5.69 Å². The number of carbonyl (C=O) groups is 2. The number of carboxylic acids is 1. The van der Waals surface area contributed by atoms with Crippen molar-refractivity contribution in [3.05, 3.63) is 65.0 Å². The Morgan fingerprint density at radius 1 is 1.22 bits per heavy atom. The number of fused-ring (bicyclic) bond motifs is 1. The van der Waals surface area contributed by atoms with Gasteiger partial charge in [0.05, 0.1) is 35.6 Å². The molecule has 0 bridgehead atoms. The van der Waals surface area contributed by atoms with Crippen molar-refractivity contribution >= 4 is 11.9 Å². The van der Waals surface area contributed by atoms with Gasteiger partial charge in [-0.25, -0.2) is 14.5 Å². The van der Waals surface area contributed by atoms with Gasteiger partial charge in [0.25, 0.3) is 5.91 Å². The predicted octanol–water partition coefficient (Wildman–Crippen LogP) is 1.86. The van der Waals surface area contributed by atoms with Crippen LogP contribution in [-0.2, 0) is 17.8 Å². The molecule has 8 nitrogen and oxygen atoms in total. The zero-order valence-electron chi connectivity index (χ0n) is 15.0. The summed E-state index contributed by atoms with van der Waals surface area (Å²) < 4.78 is 1.81. The highest BCUT2D eigenvalue weighted by molar-refractivity contribution is 5.97. The second kappa shape index (κ2) is 6.39. The number of nitrogens with one attached hydrogen (secondary N) is 1. The van der Waals surface area contributed by atoms with Crippen molar-refractivity contribution in [3.63, 3.8) is 0 Å². The lowest BCUT2D eigenvalue weighted by atomic mass is 10.0. The van der Waals surface area contributed by atoms with Crippen LogP contribution in [0, 0.1) is 13.8 Å². The van der Waals surface area contributed by atoms with Gasteiger partial charge in [-0.1, -0.05) is 0 Å². The highest BCUT2D eigenvalue weighted by Gasteiger charge is 2.36. The number of hydrogen-bond donors (Lipinski definition) is 2. The van der Waals surface area contributed by atoms with Crippen LogP contribution in [-0.4, -0.2) is 47.7 Å². The van der Waals surface area contributed by atoms with Gasteiger partial charge in [-0.05, 0) is 44.2 Å². The number of carbonyl (C=O) groups excluding carboxylic acids is 1. The molecule has 0 spiro atoms. The van der Waals surface area contributed by atoms with Gasteiger partial charge in [0.2, 0.25) is 0 Å². The van der Waals surface area contributed by atoms with Crippen LogP contribution in [0.5, 0.6) is 0 Å². The van der Waals surface area contributed by atoms with E-state index in [-0.39, 0.29) is 18.9 Å². The molecule has 0 saturated carbocycles. The number of H-pyrrole nitrogens is 1. The summed E-state index contributed by atoms with van der Waals surface area (Å²) in [5.74, 6) is -1.35. The molecule has 0 fully saturated rings. The van der Waals surface area contributed by atoms with E-state index in [1.54, 1.807) is 16.8 Å². The topological polar surface area (TPSA) is 104 Å². The van der Waals surface area contributed by atoms with Crippen molar-refractivity contribution in [2.24, 2.45) is 0 Å². The Morgan fingerprint density at radius 3 is 2.59 bits per heavy atom. The number of aliphatic carboxylic acids is 1. The molecular formula is C19H19N5O3. The number of imidazole rings is 1. The number of aromatic nitrogens is 4. The van der Waals surface area contributed by atoms with Gasteiger partial charge in [0, 0.05) is 17.7 Å². The zero-order chi connectivity index (χ0) is 19.1. The maximum absolute atomic E-state index is 13.0. The Balaban J connectivity index is 1.62. The minimum Gasteiger partial charge on any atom is -0.480 e. The molecule has 3 aromatic rings. The lowest BCUT2D eigenvalue weighted by Gasteiger charge is -2.32.